The maximum absolute atomic E-state index is 11.7. The number of ether oxygens (including phenoxy) is 2. The Bertz CT molecular complexity index is 470. The third kappa shape index (κ3) is 12.0. The van der Waals surface area contributed by atoms with Crippen LogP contribution < -0.4 is 0 Å². The van der Waals surface area contributed by atoms with Crippen molar-refractivity contribution in [3.63, 3.8) is 0 Å². The molecular formula is C20H31BrO4. The van der Waals surface area contributed by atoms with Crippen LogP contribution in [-0.4, -0.2) is 18.5 Å². The summed E-state index contributed by atoms with van der Waals surface area (Å²) in [4.78, 5) is 22.4. The molecule has 1 aliphatic rings. The Hall–Kier alpha value is -1.10. The molecular weight excluding hydrogens is 384 g/mol. The minimum atomic E-state index is -0.333. The first kappa shape index (κ1) is 21.9. The quantitative estimate of drug-likeness (QED) is 0.169. The van der Waals surface area contributed by atoms with Crippen molar-refractivity contribution in [2.45, 2.75) is 71.6 Å². The van der Waals surface area contributed by atoms with Crippen LogP contribution in [0.5, 0.6) is 0 Å². The molecule has 0 amide bonds. The zero-order chi connectivity index (χ0) is 18.5. The summed E-state index contributed by atoms with van der Waals surface area (Å²) in [6.45, 7) is 3.77. The van der Waals surface area contributed by atoms with E-state index in [1.165, 1.54) is 58.1 Å². The largest absolute Gasteiger partial charge is 0.460 e. The smallest absolute Gasteiger partial charge is 0.310 e. The van der Waals surface area contributed by atoms with Crippen molar-refractivity contribution in [2.75, 3.05) is 6.61 Å². The summed E-state index contributed by atoms with van der Waals surface area (Å²) in [6, 6.07) is 0. The number of carbonyl (C=O) groups is 2. The molecule has 0 aromatic carbocycles. The molecule has 2 atom stereocenters. The SMILES string of the molecule is CCCCCCC[C@@H]1C[C@H]1CCC(=O)O/C=C\C=C(/Br)COC(C)=O. The van der Waals surface area contributed by atoms with Crippen molar-refractivity contribution in [3.8, 4) is 0 Å². The summed E-state index contributed by atoms with van der Waals surface area (Å²) in [7, 11) is 0. The van der Waals surface area contributed by atoms with E-state index in [2.05, 4.69) is 22.9 Å². The van der Waals surface area contributed by atoms with Gasteiger partial charge in [0.15, 0.2) is 0 Å². The van der Waals surface area contributed by atoms with Gasteiger partial charge in [0.25, 0.3) is 0 Å². The fourth-order valence-corrected chi connectivity index (χ4v) is 3.13. The summed E-state index contributed by atoms with van der Waals surface area (Å²) < 4.78 is 10.6. The predicted octanol–water partition coefficient (Wildman–Crippen LogP) is 5.66. The fraction of sp³-hybridized carbons (Fsp3) is 0.700. The third-order valence-electron chi connectivity index (χ3n) is 4.44. The molecule has 0 aliphatic heterocycles. The average molecular weight is 415 g/mol. The maximum atomic E-state index is 11.7. The first-order valence-electron chi connectivity index (χ1n) is 9.37. The summed E-state index contributed by atoms with van der Waals surface area (Å²) in [5.74, 6) is 1.04. The van der Waals surface area contributed by atoms with Crippen molar-refractivity contribution < 1.29 is 19.1 Å². The van der Waals surface area contributed by atoms with E-state index in [1.807, 2.05) is 0 Å². The Balaban J connectivity index is 2.03. The summed E-state index contributed by atoms with van der Waals surface area (Å²) in [5.41, 5.74) is 0. The van der Waals surface area contributed by atoms with E-state index in [9.17, 15) is 9.59 Å². The number of rotatable bonds is 13. The number of esters is 2. The molecule has 0 aromatic rings. The van der Waals surface area contributed by atoms with Crippen molar-refractivity contribution >= 4 is 27.9 Å². The first-order chi connectivity index (χ1) is 12.0. The van der Waals surface area contributed by atoms with Crippen LogP contribution >= 0.6 is 15.9 Å². The van der Waals surface area contributed by atoms with Gasteiger partial charge >= 0.3 is 11.9 Å². The molecule has 142 valence electrons. The van der Waals surface area contributed by atoms with Crippen molar-refractivity contribution in [1.82, 2.24) is 0 Å². The Morgan fingerprint density at radius 2 is 1.84 bits per heavy atom. The van der Waals surface area contributed by atoms with E-state index in [-0.39, 0.29) is 18.5 Å². The molecule has 1 rings (SSSR count). The molecule has 0 radical (unpaired) electrons. The van der Waals surface area contributed by atoms with Crippen LogP contribution in [-0.2, 0) is 19.1 Å². The highest BCUT2D eigenvalue weighted by atomic mass is 79.9. The van der Waals surface area contributed by atoms with Gasteiger partial charge in [-0.2, -0.15) is 0 Å². The lowest BCUT2D eigenvalue weighted by Crippen LogP contribution is -2.00. The standard InChI is InChI=1S/C20H31BrO4/c1-3-4-5-6-7-9-17-14-18(17)11-12-20(23)24-13-8-10-19(21)15-25-16(2)22/h8,10,13,17-18H,3-7,9,11-12,14-15H2,1-2H3/b13-8-,19-10-/t17-,18-/m1/s1. The predicted molar refractivity (Wildman–Crippen MR) is 103 cm³/mol. The summed E-state index contributed by atoms with van der Waals surface area (Å²) in [5, 5.41) is 0. The minimum Gasteiger partial charge on any atom is -0.460 e. The molecule has 0 bridgehead atoms. The lowest BCUT2D eigenvalue weighted by molar-refractivity contribution is -0.140. The second kappa shape index (κ2) is 13.2. The topological polar surface area (TPSA) is 52.6 Å². The van der Waals surface area contributed by atoms with Gasteiger partial charge < -0.3 is 9.47 Å². The Morgan fingerprint density at radius 1 is 1.12 bits per heavy atom. The lowest BCUT2D eigenvalue weighted by atomic mass is 10.1. The van der Waals surface area contributed by atoms with E-state index in [4.69, 9.17) is 9.47 Å². The van der Waals surface area contributed by atoms with Gasteiger partial charge in [-0.3, -0.25) is 9.59 Å². The third-order valence-corrected chi connectivity index (χ3v) is 4.93. The summed E-state index contributed by atoms with van der Waals surface area (Å²) >= 11 is 3.26. The maximum Gasteiger partial charge on any atom is 0.310 e. The van der Waals surface area contributed by atoms with Crippen LogP contribution in [0.15, 0.2) is 22.9 Å². The van der Waals surface area contributed by atoms with Crippen LogP contribution in [0.4, 0.5) is 0 Å². The van der Waals surface area contributed by atoms with Crippen molar-refractivity contribution in [2.24, 2.45) is 11.8 Å². The molecule has 1 fully saturated rings. The highest BCUT2D eigenvalue weighted by molar-refractivity contribution is 9.11. The first-order valence-corrected chi connectivity index (χ1v) is 10.2. The molecule has 0 heterocycles. The van der Waals surface area contributed by atoms with Crippen molar-refractivity contribution in [1.29, 1.82) is 0 Å². The Kier molecular flexibility index (Phi) is 11.5. The van der Waals surface area contributed by atoms with E-state index in [0.717, 1.165) is 18.3 Å². The Morgan fingerprint density at radius 3 is 2.56 bits per heavy atom. The number of hydrogen-bond donors (Lipinski definition) is 0. The number of unbranched alkanes of at least 4 members (excludes halogenated alkanes) is 4. The molecule has 0 aromatic heterocycles. The Labute approximate surface area is 160 Å². The molecule has 5 heteroatoms. The highest BCUT2D eigenvalue weighted by Crippen LogP contribution is 2.45. The molecule has 1 aliphatic carbocycles. The van der Waals surface area contributed by atoms with Gasteiger partial charge in [-0.15, -0.1) is 0 Å². The van der Waals surface area contributed by atoms with Gasteiger partial charge in [0.2, 0.25) is 0 Å². The number of hydrogen-bond acceptors (Lipinski definition) is 4. The van der Waals surface area contributed by atoms with Crippen LogP contribution in [0.1, 0.15) is 71.6 Å². The molecule has 0 N–H and O–H groups in total. The van der Waals surface area contributed by atoms with Crippen molar-refractivity contribution in [3.05, 3.63) is 22.9 Å². The summed E-state index contributed by atoms with van der Waals surface area (Å²) in [6.07, 6.45) is 15.4. The highest BCUT2D eigenvalue weighted by Gasteiger charge is 2.35. The fourth-order valence-electron chi connectivity index (χ4n) is 2.87. The van der Waals surface area contributed by atoms with Crippen LogP contribution in [0, 0.1) is 11.8 Å². The van der Waals surface area contributed by atoms with Gasteiger partial charge in [0, 0.05) is 17.8 Å². The van der Waals surface area contributed by atoms with Gasteiger partial charge in [0.05, 0.1) is 6.26 Å². The van der Waals surface area contributed by atoms with Crippen LogP contribution in [0.25, 0.3) is 0 Å². The number of halogens is 1. The molecule has 0 spiro atoms. The zero-order valence-corrected chi connectivity index (χ0v) is 17.1. The van der Waals surface area contributed by atoms with E-state index < -0.39 is 0 Å². The van der Waals surface area contributed by atoms with Gasteiger partial charge in [-0.1, -0.05) is 61.4 Å². The number of carbonyl (C=O) groups excluding carboxylic acids is 2. The van der Waals surface area contributed by atoms with Crippen LogP contribution in [0.2, 0.25) is 0 Å². The molecule has 0 unspecified atom stereocenters. The zero-order valence-electron chi connectivity index (χ0n) is 15.5. The normalized spacial score (nSPS) is 19.9. The number of allylic oxidation sites excluding steroid dienone is 2. The average Bonchev–Trinajstić information content (AvgIpc) is 3.33. The van der Waals surface area contributed by atoms with E-state index in [1.54, 1.807) is 12.2 Å². The van der Waals surface area contributed by atoms with Crippen LogP contribution in [0.3, 0.4) is 0 Å². The second-order valence-corrected chi connectivity index (χ2v) is 7.73. The molecule has 1 saturated carbocycles. The molecule has 4 nitrogen and oxygen atoms in total. The van der Waals surface area contributed by atoms with Gasteiger partial charge in [0.1, 0.15) is 6.61 Å². The van der Waals surface area contributed by atoms with E-state index in [0.29, 0.717) is 10.9 Å². The lowest BCUT2D eigenvalue weighted by Gasteiger charge is -2.01. The molecule has 25 heavy (non-hydrogen) atoms. The molecule has 0 saturated heterocycles. The van der Waals surface area contributed by atoms with E-state index >= 15 is 0 Å². The second-order valence-electron chi connectivity index (χ2n) is 6.71. The minimum absolute atomic E-state index is 0.176. The van der Waals surface area contributed by atoms with Gasteiger partial charge in [-0.25, -0.2) is 0 Å². The van der Waals surface area contributed by atoms with Gasteiger partial charge in [-0.05, 0) is 36.8 Å². The monoisotopic (exact) mass is 414 g/mol.